The molecule has 6 heteroatoms. The summed E-state index contributed by atoms with van der Waals surface area (Å²) >= 11 is 0. The Balaban J connectivity index is 1.76. The Morgan fingerprint density at radius 3 is 2.81 bits per heavy atom. The van der Waals surface area contributed by atoms with Crippen molar-refractivity contribution in [1.29, 1.82) is 0 Å². The van der Waals surface area contributed by atoms with Gasteiger partial charge in [-0.2, -0.15) is 0 Å². The number of rotatable bonds is 4. The Hall–Kier alpha value is -3.15. The third kappa shape index (κ3) is 4.53. The molecule has 0 radical (unpaired) electrons. The molecule has 0 saturated carbocycles. The maximum Gasteiger partial charge on any atom is 0.270 e. The average molecular weight is 366 g/mol. The SMILES string of the molecule is Cc1ccc2c(c1)OC(C)(C)C[C@@H]2NC(=O)/C=C/c1cccc([N+](=O)[O-])c1. The van der Waals surface area contributed by atoms with E-state index in [0.717, 1.165) is 16.9 Å². The first kappa shape index (κ1) is 18.6. The molecule has 1 aliphatic heterocycles. The number of carbonyl (C=O) groups is 1. The second-order valence-corrected chi connectivity index (χ2v) is 7.35. The molecular weight excluding hydrogens is 344 g/mol. The topological polar surface area (TPSA) is 81.5 Å². The van der Waals surface area contributed by atoms with Crippen molar-refractivity contribution in [1.82, 2.24) is 5.32 Å². The average Bonchev–Trinajstić information content (AvgIpc) is 2.58. The Labute approximate surface area is 158 Å². The highest BCUT2D eigenvalue weighted by molar-refractivity contribution is 5.92. The van der Waals surface area contributed by atoms with Gasteiger partial charge in [0.1, 0.15) is 11.4 Å². The summed E-state index contributed by atoms with van der Waals surface area (Å²) < 4.78 is 6.04. The van der Waals surface area contributed by atoms with E-state index in [2.05, 4.69) is 5.32 Å². The minimum Gasteiger partial charge on any atom is -0.487 e. The zero-order valence-corrected chi connectivity index (χ0v) is 15.6. The number of nitro benzene ring substituents is 1. The molecule has 0 bridgehead atoms. The third-order valence-corrected chi connectivity index (χ3v) is 4.45. The number of hydrogen-bond donors (Lipinski definition) is 1. The van der Waals surface area contributed by atoms with Crippen LogP contribution >= 0.6 is 0 Å². The van der Waals surface area contributed by atoms with Gasteiger partial charge in [0, 0.05) is 30.2 Å². The predicted molar refractivity (Wildman–Crippen MR) is 104 cm³/mol. The molecule has 3 rings (SSSR count). The summed E-state index contributed by atoms with van der Waals surface area (Å²) in [6, 6.07) is 12.0. The normalized spacial score (nSPS) is 17.8. The number of aryl methyl sites for hydroxylation is 1. The third-order valence-electron chi connectivity index (χ3n) is 4.45. The van der Waals surface area contributed by atoms with Crippen molar-refractivity contribution >= 4 is 17.7 Å². The summed E-state index contributed by atoms with van der Waals surface area (Å²) in [6.07, 6.45) is 3.62. The molecule has 0 unspecified atom stereocenters. The number of non-ortho nitro benzene ring substituents is 1. The van der Waals surface area contributed by atoms with Gasteiger partial charge in [-0.1, -0.05) is 24.3 Å². The molecule has 0 aliphatic carbocycles. The standard InChI is InChI=1S/C21H22N2O4/c1-14-7-9-17-18(13-21(2,3)27-19(17)11-14)22-20(24)10-8-15-5-4-6-16(12-15)23(25)26/h4-12,18H,13H2,1-3H3,(H,22,24)/b10-8+/t18-/m0/s1. The zero-order chi connectivity index (χ0) is 19.6. The van der Waals surface area contributed by atoms with E-state index in [4.69, 9.17) is 4.74 Å². The second kappa shape index (κ2) is 7.23. The van der Waals surface area contributed by atoms with Crippen molar-refractivity contribution in [2.24, 2.45) is 0 Å². The molecule has 0 spiro atoms. The van der Waals surface area contributed by atoms with Crippen LogP contribution in [0.3, 0.4) is 0 Å². The quantitative estimate of drug-likeness (QED) is 0.496. The van der Waals surface area contributed by atoms with Gasteiger partial charge in [0.05, 0.1) is 11.0 Å². The van der Waals surface area contributed by atoms with E-state index >= 15 is 0 Å². The van der Waals surface area contributed by atoms with Crippen LogP contribution in [0.15, 0.2) is 48.5 Å². The van der Waals surface area contributed by atoms with Gasteiger partial charge in [-0.05, 0) is 44.0 Å². The number of ether oxygens (including phenoxy) is 1. The lowest BCUT2D eigenvalue weighted by atomic mass is 9.89. The molecule has 2 aromatic rings. The minimum atomic E-state index is -0.458. The lowest BCUT2D eigenvalue weighted by Crippen LogP contribution is -2.40. The van der Waals surface area contributed by atoms with Gasteiger partial charge in [-0.3, -0.25) is 14.9 Å². The summed E-state index contributed by atoms with van der Waals surface area (Å²) in [5.74, 6) is 0.537. The summed E-state index contributed by atoms with van der Waals surface area (Å²) in [4.78, 5) is 22.8. The monoisotopic (exact) mass is 366 g/mol. The van der Waals surface area contributed by atoms with Gasteiger partial charge >= 0.3 is 0 Å². The second-order valence-electron chi connectivity index (χ2n) is 7.35. The Bertz CT molecular complexity index is 918. The van der Waals surface area contributed by atoms with Crippen LogP contribution < -0.4 is 10.1 Å². The van der Waals surface area contributed by atoms with Gasteiger partial charge in [-0.15, -0.1) is 0 Å². The highest BCUT2D eigenvalue weighted by Gasteiger charge is 2.34. The van der Waals surface area contributed by atoms with Crippen molar-refractivity contribution in [2.75, 3.05) is 0 Å². The van der Waals surface area contributed by atoms with Crippen molar-refractivity contribution in [3.05, 3.63) is 75.3 Å². The molecule has 1 heterocycles. The van der Waals surface area contributed by atoms with Gasteiger partial charge in [0.15, 0.2) is 0 Å². The smallest absolute Gasteiger partial charge is 0.270 e. The van der Waals surface area contributed by atoms with Crippen LogP contribution in [0, 0.1) is 17.0 Å². The zero-order valence-electron chi connectivity index (χ0n) is 15.6. The number of amides is 1. The number of nitrogens with zero attached hydrogens (tertiary/aromatic N) is 1. The van der Waals surface area contributed by atoms with E-state index in [1.54, 1.807) is 18.2 Å². The maximum atomic E-state index is 12.4. The van der Waals surface area contributed by atoms with Crippen LogP contribution in [0.25, 0.3) is 6.08 Å². The first-order valence-electron chi connectivity index (χ1n) is 8.76. The lowest BCUT2D eigenvalue weighted by molar-refractivity contribution is -0.384. The van der Waals surface area contributed by atoms with Crippen molar-refractivity contribution < 1.29 is 14.5 Å². The van der Waals surface area contributed by atoms with E-state index < -0.39 is 4.92 Å². The Morgan fingerprint density at radius 1 is 1.30 bits per heavy atom. The van der Waals surface area contributed by atoms with Crippen molar-refractivity contribution in [3.63, 3.8) is 0 Å². The number of carbonyl (C=O) groups excluding carboxylic acids is 1. The fourth-order valence-electron chi connectivity index (χ4n) is 3.22. The number of hydrogen-bond acceptors (Lipinski definition) is 4. The molecule has 6 nitrogen and oxygen atoms in total. The molecule has 1 atom stereocenters. The highest BCUT2D eigenvalue weighted by atomic mass is 16.6. The van der Waals surface area contributed by atoms with Crippen LogP contribution in [-0.2, 0) is 4.79 Å². The largest absolute Gasteiger partial charge is 0.487 e. The van der Waals surface area contributed by atoms with E-state index in [-0.39, 0.29) is 23.2 Å². The first-order chi connectivity index (χ1) is 12.7. The molecule has 1 aliphatic rings. The van der Waals surface area contributed by atoms with Crippen molar-refractivity contribution in [3.8, 4) is 5.75 Å². The number of nitrogens with one attached hydrogen (secondary N) is 1. The molecule has 140 valence electrons. The number of benzene rings is 2. The van der Waals surface area contributed by atoms with E-state index in [9.17, 15) is 14.9 Å². The van der Waals surface area contributed by atoms with Gasteiger partial charge < -0.3 is 10.1 Å². The minimum absolute atomic E-state index is 0.00645. The molecule has 1 N–H and O–H groups in total. The summed E-state index contributed by atoms with van der Waals surface area (Å²) in [6.45, 7) is 5.99. The first-order valence-corrected chi connectivity index (χ1v) is 8.76. The van der Waals surface area contributed by atoms with Gasteiger partial charge in [-0.25, -0.2) is 0 Å². The lowest BCUT2D eigenvalue weighted by Gasteiger charge is -2.38. The molecule has 27 heavy (non-hydrogen) atoms. The van der Waals surface area contributed by atoms with E-state index in [1.165, 1.54) is 18.2 Å². The van der Waals surface area contributed by atoms with Crippen LogP contribution in [0.5, 0.6) is 5.75 Å². The fourth-order valence-corrected chi connectivity index (χ4v) is 3.22. The van der Waals surface area contributed by atoms with Gasteiger partial charge in [0.25, 0.3) is 5.69 Å². The Morgan fingerprint density at radius 2 is 2.07 bits per heavy atom. The van der Waals surface area contributed by atoms with E-state index in [0.29, 0.717) is 12.0 Å². The summed E-state index contributed by atoms with van der Waals surface area (Å²) in [5.41, 5.74) is 2.26. The highest BCUT2D eigenvalue weighted by Crippen LogP contribution is 2.39. The molecule has 2 aromatic carbocycles. The van der Waals surface area contributed by atoms with Crippen LogP contribution in [0.2, 0.25) is 0 Å². The summed E-state index contributed by atoms with van der Waals surface area (Å²) in [7, 11) is 0. The number of nitro groups is 1. The van der Waals surface area contributed by atoms with Crippen LogP contribution in [0.4, 0.5) is 5.69 Å². The molecular formula is C21H22N2O4. The predicted octanol–water partition coefficient (Wildman–Crippen LogP) is 4.34. The van der Waals surface area contributed by atoms with Gasteiger partial charge in [0.2, 0.25) is 5.91 Å². The molecule has 0 saturated heterocycles. The maximum absolute atomic E-state index is 12.4. The molecule has 0 fully saturated rings. The van der Waals surface area contributed by atoms with Crippen LogP contribution in [0.1, 0.15) is 43.0 Å². The van der Waals surface area contributed by atoms with E-state index in [1.807, 2.05) is 39.0 Å². The Kier molecular flexibility index (Phi) is 4.99. The molecule has 0 aromatic heterocycles. The van der Waals surface area contributed by atoms with Crippen molar-refractivity contribution in [2.45, 2.75) is 38.8 Å². The fraction of sp³-hybridized carbons (Fsp3) is 0.286. The summed E-state index contributed by atoms with van der Waals surface area (Å²) in [5, 5.41) is 13.9. The van der Waals surface area contributed by atoms with Crippen LogP contribution in [-0.4, -0.2) is 16.4 Å². The number of fused-ring (bicyclic) bond motifs is 1. The molecule has 1 amide bonds.